The molecule has 0 radical (unpaired) electrons. The molecule has 5 heteroatoms. The van der Waals surface area contributed by atoms with E-state index in [1.807, 2.05) is 31.2 Å². The van der Waals surface area contributed by atoms with Crippen LogP contribution in [-0.2, 0) is 18.0 Å². The first kappa shape index (κ1) is 14.2. The zero-order chi connectivity index (χ0) is 13.8. The maximum atomic E-state index is 10.9. The van der Waals surface area contributed by atoms with E-state index in [0.29, 0.717) is 18.1 Å². The molecule has 0 aliphatic rings. The van der Waals surface area contributed by atoms with Gasteiger partial charge in [-0.15, -0.1) is 11.3 Å². The van der Waals surface area contributed by atoms with Crippen molar-refractivity contribution in [3.8, 4) is 0 Å². The van der Waals surface area contributed by atoms with Crippen LogP contribution in [0.15, 0.2) is 34.8 Å². The Morgan fingerprint density at radius 1 is 1.32 bits per heavy atom. The largest absolute Gasteiger partial charge is 0.477 e. The number of carboxylic acid groups (broad SMARTS) is 1. The van der Waals surface area contributed by atoms with Crippen molar-refractivity contribution in [2.24, 2.45) is 0 Å². The maximum Gasteiger partial charge on any atom is 0.345 e. The van der Waals surface area contributed by atoms with Crippen molar-refractivity contribution in [2.75, 3.05) is 0 Å². The lowest BCUT2D eigenvalue weighted by Crippen LogP contribution is -1.95. The zero-order valence-corrected chi connectivity index (χ0v) is 12.8. The van der Waals surface area contributed by atoms with Crippen molar-refractivity contribution in [3.05, 3.63) is 55.7 Å². The highest BCUT2D eigenvalue weighted by Crippen LogP contribution is 2.23. The van der Waals surface area contributed by atoms with E-state index in [4.69, 9.17) is 9.84 Å². The van der Waals surface area contributed by atoms with Gasteiger partial charge in [0.25, 0.3) is 0 Å². The average molecular weight is 341 g/mol. The van der Waals surface area contributed by atoms with Gasteiger partial charge in [-0.1, -0.05) is 34.1 Å². The zero-order valence-electron chi connectivity index (χ0n) is 10.4. The van der Waals surface area contributed by atoms with Gasteiger partial charge in [-0.2, -0.15) is 0 Å². The molecule has 2 aromatic rings. The number of aryl methyl sites for hydroxylation is 1. The Labute approximate surface area is 124 Å². The molecule has 1 N–H and O–H groups in total. The molecule has 100 valence electrons. The summed E-state index contributed by atoms with van der Waals surface area (Å²) in [6.07, 6.45) is 0. The molecule has 0 saturated heterocycles. The van der Waals surface area contributed by atoms with E-state index in [9.17, 15) is 4.79 Å². The molecular formula is C14H13BrO3S. The monoisotopic (exact) mass is 340 g/mol. The van der Waals surface area contributed by atoms with Gasteiger partial charge in [0.1, 0.15) is 4.88 Å². The first-order valence-electron chi connectivity index (χ1n) is 5.71. The van der Waals surface area contributed by atoms with Gasteiger partial charge in [0, 0.05) is 9.35 Å². The van der Waals surface area contributed by atoms with E-state index in [0.717, 1.165) is 20.5 Å². The second-order valence-electron chi connectivity index (χ2n) is 4.08. The Morgan fingerprint density at radius 2 is 2.00 bits per heavy atom. The van der Waals surface area contributed by atoms with E-state index in [2.05, 4.69) is 15.9 Å². The van der Waals surface area contributed by atoms with Crippen molar-refractivity contribution in [3.63, 3.8) is 0 Å². The SMILES string of the molecule is Cc1sc(C(=O)O)cc1COCc1ccccc1Br. The maximum absolute atomic E-state index is 10.9. The summed E-state index contributed by atoms with van der Waals surface area (Å²) in [6, 6.07) is 9.56. The summed E-state index contributed by atoms with van der Waals surface area (Å²) in [5, 5.41) is 8.93. The highest BCUT2D eigenvalue weighted by molar-refractivity contribution is 9.10. The molecule has 3 nitrogen and oxygen atoms in total. The highest BCUT2D eigenvalue weighted by atomic mass is 79.9. The molecule has 0 aliphatic heterocycles. The molecular weight excluding hydrogens is 328 g/mol. The molecule has 0 saturated carbocycles. The number of thiophene rings is 1. The summed E-state index contributed by atoms with van der Waals surface area (Å²) in [5.74, 6) is -0.884. The van der Waals surface area contributed by atoms with Crippen LogP contribution in [0.25, 0.3) is 0 Å². The second-order valence-corrected chi connectivity index (χ2v) is 6.19. The number of ether oxygens (including phenoxy) is 1. The van der Waals surface area contributed by atoms with Gasteiger partial charge in [0.15, 0.2) is 0 Å². The average Bonchev–Trinajstić information content (AvgIpc) is 2.74. The number of carbonyl (C=O) groups is 1. The van der Waals surface area contributed by atoms with Gasteiger partial charge in [-0.3, -0.25) is 0 Å². The van der Waals surface area contributed by atoms with Crippen LogP contribution in [0.3, 0.4) is 0 Å². The van der Waals surface area contributed by atoms with E-state index in [1.165, 1.54) is 11.3 Å². The minimum Gasteiger partial charge on any atom is -0.477 e. The summed E-state index contributed by atoms with van der Waals surface area (Å²) in [5.41, 5.74) is 2.02. The number of halogens is 1. The molecule has 2 rings (SSSR count). The molecule has 19 heavy (non-hydrogen) atoms. The van der Waals surface area contributed by atoms with Crippen LogP contribution in [0.1, 0.15) is 25.7 Å². The molecule has 0 atom stereocenters. The first-order valence-corrected chi connectivity index (χ1v) is 7.32. The molecule has 1 aromatic heterocycles. The minimum absolute atomic E-state index is 0.358. The third-order valence-electron chi connectivity index (χ3n) is 2.70. The summed E-state index contributed by atoms with van der Waals surface area (Å²) in [7, 11) is 0. The van der Waals surface area contributed by atoms with Gasteiger partial charge in [0.2, 0.25) is 0 Å². The smallest absolute Gasteiger partial charge is 0.345 e. The van der Waals surface area contributed by atoms with Gasteiger partial charge in [0.05, 0.1) is 13.2 Å². The Hall–Kier alpha value is -1.17. The lowest BCUT2D eigenvalue weighted by atomic mass is 10.2. The standard InChI is InChI=1S/C14H13BrO3S/c1-9-11(6-13(19-9)14(16)17)8-18-7-10-4-2-3-5-12(10)15/h2-6H,7-8H2,1H3,(H,16,17). The highest BCUT2D eigenvalue weighted by Gasteiger charge is 2.11. The Bertz CT molecular complexity index is 592. The molecule has 0 unspecified atom stereocenters. The van der Waals surface area contributed by atoms with Gasteiger partial charge >= 0.3 is 5.97 Å². The predicted octanol–water partition coefficient (Wildman–Crippen LogP) is 4.23. The van der Waals surface area contributed by atoms with Crippen LogP contribution in [0.5, 0.6) is 0 Å². The fourth-order valence-electron chi connectivity index (χ4n) is 1.65. The van der Waals surface area contributed by atoms with Crippen molar-refractivity contribution < 1.29 is 14.6 Å². The lowest BCUT2D eigenvalue weighted by molar-refractivity contribution is 0.0701. The van der Waals surface area contributed by atoms with Gasteiger partial charge in [-0.05, 0) is 30.2 Å². The van der Waals surface area contributed by atoms with Crippen LogP contribution in [0, 0.1) is 6.92 Å². The number of rotatable bonds is 5. The third kappa shape index (κ3) is 3.65. The molecule has 1 heterocycles. The van der Waals surface area contributed by atoms with Crippen LogP contribution in [0.4, 0.5) is 0 Å². The molecule has 0 bridgehead atoms. The van der Waals surface area contributed by atoms with Crippen molar-refractivity contribution in [1.29, 1.82) is 0 Å². The molecule has 0 amide bonds. The Balaban J connectivity index is 1.96. The molecule has 1 aromatic carbocycles. The van der Waals surface area contributed by atoms with Crippen molar-refractivity contribution in [1.82, 2.24) is 0 Å². The normalized spacial score (nSPS) is 10.6. The Kier molecular flexibility index (Phi) is 4.74. The predicted molar refractivity (Wildman–Crippen MR) is 78.7 cm³/mol. The second kappa shape index (κ2) is 6.32. The van der Waals surface area contributed by atoms with E-state index in [-0.39, 0.29) is 0 Å². The number of aromatic carboxylic acids is 1. The van der Waals surface area contributed by atoms with Crippen LogP contribution >= 0.6 is 27.3 Å². The topological polar surface area (TPSA) is 46.5 Å². The Morgan fingerprint density at radius 3 is 2.63 bits per heavy atom. The summed E-state index contributed by atoms with van der Waals surface area (Å²) in [6.45, 7) is 2.84. The molecule has 0 spiro atoms. The van der Waals surface area contributed by atoms with Crippen LogP contribution in [0.2, 0.25) is 0 Å². The van der Waals surface area contributed by atoms with Gasteiger partial charge < -0.3 is 9.84 Å². The summed E-state index contributed by atoms with van der Waals surface area (Å²) >= 11 is 4.75. The van der Waals surface area contributed by atoms with Crippen molar-refractivity contribution >= 4 is 33.2 Å². The van der Waals surface area contributed by atoms with Gasteiger partial charge in [-0.25, -0.2) is 4.79 Å². The first-order chi connectivity index (χ1) is 9.08. The fraction of sp³-hybridized carbons (Fsp3) is 0.214. The van der Waals surface area contributed by atoms with Crippen LogP contribution < -0.4 is 0 Å². The third-order valence-corrected chi connectivity index (χ3v) is 4.56. The van der Waals surface area contributed by atoms with E-state index < -0.39 is 5.97 Å². The molecule has 0 aliphatic carbocycles. The number of hydrogen-bond acceptors (Lipinski definition) is 3. The molecule has 0 fully saturated rings. The summed E-state index contributed by atoms with van der Waals surface area (Å²) in [4.78, 5) is 12.2. The van der Waals surface area contributed by atoms with Crippen molar-refractivity contribution in [2.45, 2.75) is 20.1 Å². The number of carboxylic acids is 1. The van der Waals surface area contributed by atoms with Crippen LogP contribution in [-0.4, -0.2) is 11.1 Å². The minimum atomic E-state index is -0.884. The number of hydrogen-bond donors (Lipinski definition) is 1. The van der Waals surface area contributed by atoms with E-state index >= 15 is 0 Å². The summed E-state index contributed by atoms with van der Waals surface area (Å²) < 4.78 is 6.66. The number of benzene rings is 1. The quantitative estimate of drug-likeness (QED) is 0.885. The fourth-order valence-corrected chi connectivity index (χ4v) is 2.92. The lowest BCUT2D eigenvalue weighted by Gasteiger charge is -2.05. The van der Waals surface area contributed by atoms with E-state index in [1.54, 1.807) is 6.07 Å².